The molecule has 84 valence electrons. The molecule has 1 aromatic rings. The predicted molar refractivity (Wildman–Crippen MR) is 69.2 cm³/mol. The summed E-state index contributed by atoms with van der Waals surface area (Å²) in [6, 6.07) is 2.64. The second-order valence-corrected chi connectivity index (χ2v) is 5.87. The summed E-state index contributed by atoms with van der Waals surface area (Å²) in [5.41, 5.74) is 5.89. The zero-order chi connectivity index (χ0) is 10.7. The summed E-state index contributed by atoms with van der Waals surface area (Å²) in [5, 5.41) is 2.14. The summed E-state index contributed by atoms with van der Waals surface area (Å²) in [6.07, 6.45) is 4.02. The summed E-state index contributed by atoms with van der Waals surface area (Å²) >= 11 is 5.31. The number of halogens is 1. The van der Waals surface area contributed by atoms with Gasteiger partial charge in [0.25, 0.3) is 0 Å². The molecule has 2 heterocycles. The molecule has 1 aromatic heterocycles. The van der Waals surface area contributed by atoms with Crippen LogP contribution in [0.25, 0.3) is 0 Å². The summed E-state index contributed by atoms with van der Waals surface area (Å²) < 4.78 is 1.18. The third kappa shape index (κ3) is 2.81. The van der Waals surface area contributed by atoms with Gasteiger partial charge in [-0.2, -0.15) is 0 Å². The summed E-state index contributed by atoms with van der Waals surface area (Å²) in [7, 11) is 0. The number of nitrogens with zero attached hydrogens (tertiary/aromatic N) is 1. The number of hydrogen-bond donors (Lipinski definition) is 1. The SMILES string of the molecule is NCC(c1cc(Br)cs1)N1CCCCC1. The molecular formula is C11H17BrN2S. The van der Waals surface area contributed by atoms with Crippen LogP contribution in [0.3, 0.4) is 0 Å². The molecule has 0 radical (unpaired) electrons. The minimum absolute atomic E-state index is 0.432. The van der Waals surface area contributed by atoms with Crippen LogP contribution in [0, 0.1) is 0 Å². The molecule has 0 aliphatic carbocycles. The van der Waals surface area contributed by atoms with Gasteiger partial charge in [-0.25, -0.2) is 0 Å². The van der Waals surface area contributed by atoms with E-state index in [-0.39, 0.29) is 0 Å². The Morgan fingerprint density at radius 3 is 2.67 bits per heavy atom. The van der Waals surface area contributed by atoms with Crippen molar-refractivity contribution in [2.75, 3.05) is 19.6 Å². The van der Waals surface area contributed by atoms with Gasteiger partial charge >= 0.3 is 0 Å². The highest BCUT2D eigenvalue weighted by atomic mass is 79.9. The summed E-state index contributed by atoms with van der Waals surface area (Å²) in [5.74, 6) is 0. The molecule has 1 aliphatic heterocycles. The number of rotatable bonds is 3. The lowest BCUT2D eigenvalue weighted by Gasteiger charge is -2.33. The van der Waals surface area contributed by atoms with Crippen molar-refractivity contribution in [3.05, 3.63) is 20.8 Å². The van der Waals surface area contributed by atoms with E-state index in [1.165, 1.54) is 41.7 Å². The lowest BCUT2D eigenvalue weighted by molar-refractivity contribution is 0.170. The lowest BCUT2D eigenvalue weighted by atomic mass is 10.1. The van der Waals surface area contributed by atoms with Gasteiger partial charge in [-0.3, -0.25) is 4.90 Å². The maximum atomic E-state index is 5.89. The molecule has 15 heavy (non-hydrogen) atoms. The van der Waals surface area contributed by atoms with Crippen molar-refractivity contribution in [3.8, 4) is 0 Å². The monoisotopic (exact) mass is 288 g/mol. The van der Waals surface area contributed by atoms with Crippen LogP contribution in [-0.4, -0.2) is 24.5 Å². The van der Waals surface area contributed by atoms with Crippen LogP contribution in [0.2, 0.25) is 0 Å². The van der Waals surface area contributed by atoms with Gasteiger partial charge in [0.1, 0.15) is 0 Å². The molecule has 1 saturated heterocycles. The molecule has 0 aromatic carbocycles. The molecule has 2 nitrogen and oxygen atoms in total. The Hall–Kier alpha value is 0.1000. The average Bonchev–Trinajstić information content (AvgIpc) is 2.68. The first kappa shape index (κ1) is 11.6. The third-order valence-electron chi connectivity index (χ3n) is 2.97. The highest BCUT2D eigenvalue weighted by Gasteiger charge is 2.21. The van der Waals surface area contributed by atoms with E-state index < -0.39 is 0 Å². The van der Waals surface area contributed by atoms with Gasteiger partial charge in [-0.15, -0.1) is 11.3 Å². The summed E-state index contributed by atoms with van der Waals surface area (Å²) in [4.78, 5) is 3.92. The van der Waals surface area contributed by atoms with Crippen molar-refractivity contribution >= 4 is 27.3 Å². The van der Waals surface area contributed by atoms with Gasteiger partial charge in [-0.05, 0) is 47.9 Å². The molecule has 1 unspecified atom stereocenters. The highest BCUT2D eigenvalue weighted by Crippen LogP contribution is 2.30. The van der Waals surface area contributed by atoms with Crippen LogP contribution in [0.5, 0.6) is 0 Å². The molecule has 2 N–H and O–H groups in total. The van der Waals surface area contributed by atoms with Crippen molar-refractivity contribution in [2.24, 2.45) is 5.73 Å². The molecule has 0 amide bonds. The fourth-order valence-corrected chi connectivity index (χ4v) is 3.77. The van der Waals surface area contributed by atoms with Crippen LogP contribution in [0.1, 0.15) is 30.2 Å². The Labute approximate surface area is 104 Å². The number of likely N-dealkylation sites (tertiary alicyclic amines) is 1. The van der Waals surface area contributed by atoms with Gasteiger partial charge in [0.2, 0.25) is 0 Å². The van der Waals surface area contributed by atoms with Gasteiger partial charge in [0, 0.05) is 21.3 Å². The minimum Gasteiger partial charge on any atom is -0.329 e. The first-order valence-electron chi connectivity index (χ1n) is 5.49. The first-order chi connectivity index (χ1) is 7.31. The van der Waals surface area contributed by atoms with Crippen molar-refractivity contribution in [3.63, 3.8) is 0 Å². The average molecular weight is 289 g/mol. The highest BCUT2D eigenvalue weighted by molar-refractivity contribution is 9.10. The van der Waals surface area contributed by atoms with Gasteiger partial charge in [-0.1, -0.05) is 6.42 Å². The summed E-state index contributed by atoms with van der Waals surface area (Å²) in [6.45, 7) is 3.14. The molecule has 1 atom stereocenters. The zero-order valence-electron chi connectivity index (χ0n) is 8.79. The quantitative estimate of drug-likeness (QED) is 0.927. The standard InChI is InChI=1S/C11H17BrN2S/c12-9-6-11(15-8-9)10(7-13)14-4-2-1-3-5-14/h6,8,10H,1-5,7,13H2. The maximum absolute atomic E-state index is 5.89. The van der Waals surface area contributed by atoms with E-state index >= 15 is 0 Å². The van der Waals surface area contributed by atoms with Crippen LogP contribution < -0.4 is 5.73 Å². The van der Waals surface area contributed by atoms with Crippen molar-refractivity contribution in [1.29, 1.82) is 0 Å². The Bertz CT molecular complexity index is 307. The third-order valence-corrected chi connectivity index (χ3v) is 4.77. The lowest BCUT2D eigenvalue weighted by Crippen LogP contribution is -2.37. The molecule has 0 bridgehead atoms. The Kier molecular flexibility index (Phi) is 4.20. The molecule has 2 rings (SSSR count). The second kappa shape index (κ2) is 5.43. The number of thiophene rings is 1. The number of nitrogens with two attached hydrogens (primary N) is 1. The second-order valence-electron chi connectivity index (χ2n) is 4.02. The van der Waals surface area contributed by atoms with E-state index in [2.05, 4.69) is 32.3 Å². The molecule has 0 spiro atoms. The van der Waals surface area contributed by atoms with Gasteiger partial charge in [0.05, 0.1) is 6.04 Å². The molecule has 1 fully saturated rings. The molecular weight excluding hydrogens is 272 g/mol. The van der Waals surface area contributed by atoms with E-state index in [0.29, 0.717) is 6.04 Å². The Balaban J connectivity index is 2.08. The topological polar surface area (TPSA) is 29.3 Å². The smallest absolute Gasteiger partial charge is 0.0564 e. The normalized spacial score (nSPS) is 20.4. The van der Waals surface area contributed by atoms with Crippen LogP contribution in [0.4, 0.5) is 0 Å². The van der Waals surface area contributed by atoms with E-state index in [1.54, 1.807) is 0 Å². The van der Waals surface area contributed by atoms with Crippen LogP contribution in [0.15, 0.2) is 15.9 Å². The van der Waals surface area contributed by atoms with E-state index in [9.17, 15) is 0 Å². The maximum Gasteiger partial charge on any atom is 0.0564 e. The fraction of sp³-hybridized carbons (Fsp3) is 0.636. The van der Waals surface area contributed by atoms with E-state index in [4.69, 9.17) is 5.73 Å². The fourth-order valence-electron chi connectivity index (χ4n) is 2.18. The number of hydrogen-bond acceptors (Lipinski definition) is 3. The first-order valence-corrected chi connectivity index (χ1v) is 7.16. The Morgan fingerprint density at radius 2 is 2.13 bits per heavy atom. The molecule has 0 saturated carbocycles. The van der Waals surface area contributed by atoms with Crippen LogP contribution in [-0.2, 0) is 0 Å². The van der Waals surface area contributed by atoms with Gasteiger partial charge < -0.3 is 5.73 Å². The van der Waals surface area contributed by atoms with E-state index in [1.807, 2.05) is 11.3 Å². The molecule has 4 heteroatoms. The predicted octanol–water partition coefficient (Wildman–Crippen LogP) is 3.00. The molecule has 1 aliphatic rings. The van der Waals surface area contributed by atoms with E-state index in [0.717, 1.165) is 6.54 Å². The van der Waals surface area contributed by atoms with Crippen molar-refractivity contribution in [2.45, 2.75) is 25.3 Å². The zero-order valence-corrected chi connectivity index (χ0v) is 11.2. The Morgan fingerprint density at radius 1 is 1.40 bits per heavy atom. The minimum atomic E-state index is 0.432. The van der Waals surface area contributed by atoms with Gasteiger partial charge in [0.15, 0.2) is 0 Å². The largest absolute Gasteiger partial charge is 0.329 e. The van der Waals surface area contributed by atoms with Crippen molar-refractivity contribution < 1.29 is 0 Å². The van der Waals surface area contributed by atoms with Crippen LogP contribution >= 0.6 is 27.3 Å². The van der Waals surface area contributed by atoms with Crippen molar-refractivity contribution in [1.82, 2.24) is 4.90 Å². The number of piperidine rings is 1.